The van der Waals surface area contributed by atoms with Gasteiger partial charge >= 0.3 is 0 Å². The molecule has 2 aromatic carbocycles. The fraction of sp³-hybridized carbons (Fsp3) is 0.360. The maximum Gasteiger partial charge on any atom is 0.191 e. The van der Waals surface area contributed by atoms with E-state index in [2.05, 4.69) is 81.9 Å². The van der Waals surface area contributed by atoms with E-state index in [1.165, 1.54) is 34.4 Å². The van der Waals surface area contributed by atoms with Crippen LogP contribution >= 0.6 is 35.7 Å². The summed E-state index contributed by atoms with van der Waals surface area (Å²) in [5, 5.41) is 6.82. The van der Waals surface area contributed by atoms with Gasteiger partial charge in [0, 0.05) is 32.0 Å². The lowest BCUT2D eigenvalue weighted by Crippen LogP contribution is -2.37. The summed E-state index contributed by atoms with van der Waals surface area (Å²) in [5.74, 6) is 2.10. The van der Waals surface area contributed by atoms with Crippen molar-refractivity contribution >= 4 is 41.7 Å². The van der Waals surface area contributed by atoms with Crippen LogP contribution in [0, 0.1) is 0 Å². The number of hydrogen-bond acceptors (Lipinski definition) is 3. The van der Waals surface area contributed by atoms with E-state index in [9.17, 15) is 0 Å². The number of nitrogens with zero attached hydrogens (tertiary/aromatic N) is 3. The molecule has 0 unspecified atom stereocenters. The number of aliphatic imine (C=N–C) groups is 1. The van der Waals surface area contributed by atoms with Gasteiger partial charge in [-0.3, -0.25) is 0 Å². The van der Waals surface area contributed by atoms with Gasteiger partial charge < -0.3 is 15.2 Å². The summed E-state index contributed by atoms with van der Waals surface area (Å²) in [6, 6.07) is 17.3. The fourth-order valence-corrected chi connectivity index (χ4v) is 3.90. The molecule has 0 aliphatic carbocycles. The molecule has 7 heteroatoms. The number of nitrogens with one attached hydrogen (secondary N) is 2. The van der Waals surface area contributed by atoms with E-state index < -0.39 is 0 Å². The minimum Gasteiger partial charge on any atom is -0.357 e. The highest BCUT2D eigenvalue weighted by molar-refractivity contribution is 14.0. The number of benzene rings is 2. The topological polar surface area (TPSA) is 54.2 Å². The molecule has 172 valence electrons. The van der Waals surface area contributed by atoms with Crippen LogP contribution in [0.15, 0.2) is 72.2 Å². The van der Waals surface area contributed by atoms with Crippen LogP contribution in [-0.2, 0) is 13.1 Å². The van der Waals surface area contributed by atoms with Gasteiger partial charge in [0.05, 0.1) is 12.9 Å². The Balaban J connectivity index is 0.00000363. The Labute approximate surface area is 213 Å². The van der Waals surface area contributed by atoms with Gasteiger partial charge in [0.25, 0.3) is 0 Å². The summed E-state index contributed by atoms with van der Waals surface area (Å²) in [5.41, 5.74) is 4.94. The van der Waals surface area contributed by atoms with Gasteiger partial charge in [0.1, 0.15) is 0 Å². The largest absolute Gasteiger partial charge is 0.357 e. The molecule has 1 aromatic heterocycles. The third kappa shape index (κ3) is 8.50. The van der Waals surface area contributed by atoms with Crippen molar-refractivity contribution in [2.24, 2.45) is 4.99 Å². The number of hydrogen-bond donors (Lipinski definition) is 2. The molecule has 0 saturated heterocycles. The highest BCUT2D eigenvalue weighted by Gasteiger charge is 2.06. The van der Waals surface area contributed by atoms with Crippen LogP contribution in [0.5, 0.6) is 0 Å². The maximum atomic E-state index is 4.83. The van der Waals surface area contributed by atoms with Gasteiger partial charge in [0.15, 0.2) is 5.96 Å². The first-order chi connectivity index (χ1) is 15.3. The van der Waals surface area contributed by atoms with E-state index in [4.69, 9.17) is 4.99 Å². The normalized spacial score (nSPS) is 11.1. The van der Waals surface area contributed by atoms with Gasteiger partial charge in [-0.25, -0.2) is 9.98 Å². The third-order valence-electron chi connectivity index (χ3n) is 5.03. The van der Waals surface area contributed by atoms with Crippen LogP contribution in [0.25, 0.3) is 11.1 Å². The van der Waals surface area contributed by atoms with Crippen molar-refractivity contribution in [2.45, 2.75) is 32.9 Å². The molecule has 0 amide bonds. The molecule has 32 heavy (non-hydrogen) atoms. The third-order valence-corrected chi connectivity index (χ3v) is 5.72. The van der Waals surface area contributed by atoms with Gasteiger partial charge in [-0.05, 0) is 54.0 Å². The quantitative estimate of drug-likeness (QED) is 0.142. The highest BCUT2D eigenvalue weighted by atomic mass is 127. The Morgan fingerprint density at radius 3 is 2.59 bits per heavy atom. The highest BCUT2D eigenvalue weighted by Crippen LogP contribution is 2.25. The molecule has 0 fully saturated rings. The molecular weight excluding hydrogens is 529 g/mol. The first-order valence-electron chi connectivity index (χ1n) is 10.9. The van der Waals surface area contributed by atoms with Crippen molar-refractivity contribution in [1.82, 2.24) is 20.2 Å². The lowest BCUT2D eigenvalue weighted by Gasteiger charge is -2.13. The van der Waals surface area contributed by atoms with Crippen molar-refractivity contribution in [3.63, 3.8) is 0 Å². The summed E-state index contributed by atoms with van der Waals surface area (Å²) >= 11 is 1.90. The average Bonchev–Trinajstić information content (AvgIpc) is 3.31. The standard InChI is InChI=1S/C25H33N5S.HI/c1-3-27-25(28-14-6-7-17-31-2)29-18-23-8-4-5-9-24(23)22-12-10-21(11-13-22)19-30-16-15-26-20-30;/h4-5,8-13,15-16,20H,3,6-7,14,17-19H2,1-2H3,(H2,27,28,29);1H. The molecule has 0 bridgehead atoms. The number of guanidine groups is 1. The zero-order valence-electron chi connectivity index (χ0n) is 19.0. The summed E-state index contributed by atoms with van der Waals surface area (Å²) in [7, 11) is 0. The zero-order valence-corrected chi connectivity index (χ0v) is 22.1. The molecule has 0 aliphatic heterocycles. The molecular formula is C25H34IN5S. The molecule has 0 radical (unpaired) electrons. The van der Waals surface area contributed by atoms with E-state index in [0.29, 0.717) is 6.54 Å². The van der Waals surface area contributed by atoms with Crippen molar-refractivity contribution in [1.29, 1.82) is 0 Å². The Bertz CT molecular complexity index is 926. The van der Waals surface area contributed by atoms with Gasteiger partial charge in [-0.2, -0.15) is 11.8 Å². The monoisotopic (exact) mass is 563 g/mol. The predicted molar refractivity (Wildman–Crippen MR) is 149 cm³/mol. The van der Waals surface area contributed by atoms with Crippen LogP contribution in [0.2, 0.25) is 0 Å². The Hall–Kier alpha value is -2.00. The maximum absolute atomic E-state index is 4.83. The summed E-state index contributed by atoms with van der Waals surface area (Å²) in [6.07, 6.45) is 10.2. The smallest absolute Gasteiger partial charge is 0.191 e. The molecule has 0 spiro atoms. The van der Waals surface area contributed by atoms with Crippen LogP contribution < -0.4 is 10.6 Å². The zero-order chi connectivity index (χ0) is 21.7. The Morgan fingerprint density at radius 2 is 1.88 bits per heavy atom. The van der Waals surface area contributed by atoms with Crippen molar-refractivity contribution < 1.29 is 0 Å². The number of imidazole rings is 1. The first-order valence-corrected chi connectivity index (χ1v) is 12.3. The van der Waals surface area contributed by atoms with E-state index in [-0.39, 0.29) is 24.0 Å². The molecule has 0 saturated carbocycles. The lowest BCUT2D eigenvalue weighted by atomic mass is 9.98. The van der Waals surface area contributed by atoms with Crippen LogP contribution in [0.1, 0.15) is 30.9 Å². The molecule has 0 aliphatic rings. The van der Waals surface area contributed by atoms with Crippen LogP contribution in [0.3, 0.4) is 0 Å². The van der Waals surface area contributed by atoms with E-state index in [0.717, 1.165) is 32.0 Å². The molecule has 2 N–H and O–H groups in total. The second kappa shape index (κ2) is 14.9. The number of unbranched alkanes of at least 4 members (excludes halogenated alkanes) is 1. The molecule has 5 nitrogen and oxygen atoms in total. The van der Waals surface area contributed by atoms with E-state index in [1.54, 1.807) is 0 Å². The number of aromatic nitrogens is 2. The number of halogens is 1. The minimum atomic E-state index is 0. The van der Waals surface area contributed by atoms with Crippen molar-refractivity contribution in [3.05, 3.63) is 78.4 Å². The number of thioether (sulfide) groups is 1. The molecule has 1 heterocycles. The van der Waals surface area contributed by atoms with Gasteiger partial charge in [0.2, 0.25) is 0 Å². The van der Waals surface area contributed by atoms with Gasteiger partial charge in [-0.1, -0.05) is 48.5 Å². The summed E-state index contributed by atoms with van der Waals surface area (Å²) < 4.78 is 2.08. The predicted octanol–water partition coefficient (Wildman–Crippen LogP) is 5.41. The van der Waals surface area contributed by atoms with Crippen molar-refractivity contribution in [3.8, 4) is 11.1 Å². The minimum absolute atomic E-state index is 0. The van der Waals surface area contributed by atoms with Crippen molar-refractivity contribution in [2.75, 3.05) is 25.1 Å². The first kappa shape index (κ1) is 26.3. The summed E-state index contributed by atoms with van der Waals surface area (Å²) in [6.45, 7) is 5.39. The Kier molecular flexibility index (Phi) is 12.3. The second-order valence-corrected chi connectivity index (χ2v) is 8.40. The lowest BCUT2D eigenvalue weighted by molar-refractivity contribution is 0.734. The molecule has 0 atom stereocenters. The van der Waals surface area contributed by atoms with E-state index in [1.807, 2.05) is 30.5 Å². The van der Waals surface area contributed by atoms with E-state index >= 15 is 0 Å². The SMILES string of the molecule is CCNC(=NCc1ccccc1-c1ccc(Cn2ccnc2)cc1)NCCCCSC.I. The second-order valence-electron chi connectivity index (χ2n) is 7.41. The molecule has 3 aromatic rings. The Morgan fingerprint density at radius 1 is 1.06 bits per heavy atom. The summed E-state index contributed by atoms with van der Waals surface area (Å²) in [4.78, 5) is 8.95. The average molecular weight is 564 g/mol. The van der Waals surface area contributed by atoms with Crippen LogP contribution in [-0.4, -0.2) is 40.6 Å². The van der Waals surface area contributed by atoms with Crippen LogP contribution in [0.4, 0.5) is 0 Å². The van der Waals surface area contributed by atoms with Gasteiger partial charge in [-0.15, -0.1) is 24.0 Å². The molecule has 3 rings (SSSR count). The number of rotatable bonds is 11. The fourth-order valence-electron chi connectivity index (χ4n) is 3.40.